The van der Waals surface area contributed by atoms with Gasteiger partial charge in [-0.3, -0.25) is 4.68 Å². The predicted octanol–water partition coefficient (Wildman–Crippen LogP) is 2.15. The van der Waals surface area contributed by atoms with Gasteiger partial charge in [-0.05, 0) is 50.2 Å². The number of halogens is 1. The molecule has 1 atom stereocenters. The molecule has 16 heavy (non-hydrogen) atoms. The highest BCUT2D eigenvalue weighted by Gasteiger charge is 2.21. The van der Waals surface area contributed by atoms with Crippen molar-refractivity contribution in [2.75, 3.05) is 7.05 Å². The molecule has 0 saturated heterocycles. The van der Waals surface area contributed by atoms with Crippen molar-refractivity contribution in [3.8, 4) is 6.07 Å². The Morgan fingerprint density at radius 3 is 2.56 bits per heavy atom. The topological polar surface area (TPSA) is 53.6 Å². The summed E-state index contributed by atoms with van der Waals surface area (Å²) in [5.74, 6) is 0. The Morgan fingerprint density at radius 2 is 2.19 bits per heavy atom. The Labute approximate surface area is 105 Å². The second kappa shape index (κ2) is 4.98. The minimum Gasteiger partial charge on any atom is -0.303 e. The first kappa shape index (κ1) is 13.2. The molecular formula is C11H17BrN4. The van der Waals surface area contributed by atoms with Crippen molar-refractivity contribution in [3.05, 3.63) is 15.9 Å². The molecule has 4 nitrogen and oxygen atoms in total. The fourth-order valence-electron chi connectivity index (χ4n) is 1.46. The van der Waals surface area contributed by atoms with E-state index >= 15 is 0 Å². The van der Waals surface area contributed by atoms with Crippen LogP contribution < -0.4 is 5.32 Å². The summed E-state index contributed by atoms with van der Waals surface area (Å²) in [7, 11) is 1.81. The van der Waals surface area contributed by atoms with Gasteiger partial charge in [0.1, 0.15) is 5.54 Å². The summed E-state index contributed by atoms with van der Waals surface area (Å²) in [5, 5.41) is 16.5. The van der Waals surface area contributed by atoms with Crippen molar-refractivity contribution >= 4 is 15.9 Å². The van der Waals surface area contributed by atoms with Gasteiger partial charge < -0.3 is 5.32 Å². The molecule has 1 aromatic rings. The first-order valence-electron chi connectivity index (χ1n) is 5.23. The van der Waals surface area contributed by atoms with Crippen molar-refractivity contribution in [2.24, 2.45) is 0 Å². The Morgan fingerprint density at radius 1 is 1.56 bits per heavy atom. The van der Waals surface area contributed by atoms with Crippen LogP contribution in [0, 0.1) is 25.2 Å². The summed E-state index contributed by atoms with van der Waals surface area (Å²) >= 11 is 3.49. The molecule has 1 aromatic heterocycles. The van der Waals surface area contributed by atoms with Gasteiger partial charge in [0.2, 0.25) is 0 Å². The van der Waals surface area contributed by atoms with E-state index in [1.807, 2.05) is 25.5 Å². The van der Waals surface area contributed by atoms with Crippen LogP contribution in [0.3, 0.4) is 0 Å². The molecule has 0 aliphatic heterocycles. The maximum atomic E-state index is 9.04. The van der Waals surface area contributed by atoms with Gasteiger partial charge in [0, 0.05) is 12.2 Å². The zero-order valence-corrected chi connectivity index (χ0v) is 11.7. The first-order valence-corrected chi connectivity index (χ1v) is 6.02. The summed E-state index contributed by atoms with van der Waals surface area (Å²) in [6.07, 6.45) is 0.731. The zero-order chi connectivity index (χ0) is 12.3. The number of aryl methyl sites for hydroxylation is 2. The second-order valence-electron chi connectivity index (χ2n) is 4.15. The Balaban J connectivity index is 2.76. The maximum Gasteiger partial charge on any atom is 0.105 e. The normalized spacial score (nSPS) is 14.5. The standard InChI is InChI=1S/C11H17BrN4/c1-8-10(12)9(2)16(15-8)6-5-11(3,7-13)14-4/h14H,5-6H2,1-4H3. The van der Waals surface area contributed by atoms with E-state index in [0.29, 0.717) is 0 Å². The van der Waals surface area contributed by atoms with Gasteiger partial charge in [0.15, 0.2) is 0 Å². The Kier molecular flexibility index (Phi) is 4.11. The first-order chi connectivity index (χ1) is 7.43. The molecule has 0 aliphatic carbocycles. The molecule has 5 heteroatoms. The van der Waals surface area contributed by atoms with Gasteiger partial charge >= 0.3 is 0 Å². The molecular weight excluding hydrogens is 268 g/mol. The smallest absolute Gasteiger partial charge is 0.105 e. The van der Waals surface area contributed by atoms with Crippen LogP contribution in [0.5, 0.6) is 0 Å². The van der Waals surface area contributed by atoms with Crippen molar-refractivity contribution in [1.29, 1.82) is 5.26 Å². The monoisotopic (exact) mass is 284 g/mol. The van der Waals surface area contributed by atoms with Gasteiger partial charge in [-0.2, -0.15) is 10.4 Å². The minimum atomic E-state index is -0.487. The summed E-state index contributed by atoms with van der Waals surface area (Å²) in [6, 6.07) is 2.28. The number of nitrogens with one attached hydrogen (secondary N) is 1. The van der Waals surface area contributed by atoms with Crippen LogP contribution in [0.25, 0.3) is 0 Å². The molecule has 0 spiro atoms. The molecule has 1 heterocycles. The summed E-state index contributed by atoms with van der Waals surface area (Å²) in [6.45, 7) is 6.62. The number of aromatic nitrogens is 2. The zero-order valence-electron chi connectivity index (χ0n) is 10.1. The molecule has 88 valence electrons. The third kappa shape index (κ3) is 2.63. The molecule has 0 fully saturated rings. The largest absolute Gasteiger partial charge is 0.303 e. The maximum absolute atomic E-state index is 9.04. The quantitative estimate of drug-likeness (QED) is 0.922. The van der Waals surface area contributed by atoms with Crippen LogP contribution in [0.2, 0.25) is 0 Å². The molecule has 0 aromatic carbocycles. The van der Waals surface area contributed by atoms with Crippen LogP contribution >= 0.6 is 15.9 Å². The lowest BCUT2D eigenvalue weighted by Gasteiger charge is -2.20. The average Bonchev–Trinajstić information content (AvgIpc) is 2.54. The van der Waals surface area contributed by atoms with Crippen LogP contribution in [0.15, 0.2) is 4.47 Å². The van der Waals surface area contributed by atoms with Crippen LogP contribution in [-0.4, -0.2) is 22.4 Å². The Bertz CT molecular complexity index is 418. The number of hydrogen-bond donors (Lipinski definition) is 1. The predicted molar refractivity (Wildman–Crippen MR) is 67.1 cm³/mol. The summed E-state index contributed by atoms with van der Waals surface area (Å²) in [4.78, 5) is 0. The van der Waals surface area contributed by atoms with E-state index in [-0.39, 0.29) is 0 Å². The van der Waals surface area contributed by atoms with Gasteiger partial charge in [0.05, 0.1) is 16.2 Å². The van der Waals surface area contributed by atoms with Crippen molar-refractivity contribution in [2.45, 2.75) is 39.3 Å². The lowest BCUT2D eigenvalue weighted by molar-refractivity contribution is 0.404. The fraction of sp³-hybridized carbons (Fsp3) is 0.636. The highest BCUT2D eigenvalue weighted by molar-refractivity contribution is 9.10. The lowest BCUT2D eigenvalue weighted by atomic mass is 10.0. The van der Waals surface area contributed by atoms with E-state index in [0.717, 1.165) is 28.8 Å². The SMILES string of the molecule is CNC(C)(C#N)CCn1nc(C)c(Br)c1C. The fourth-order valence-corrected chi connectivity index (χ4v) is 1.74. The molecule has 1 unspecified atom stereocenters. The van der Waals surface area contributed by atoms with E-state index in [1.54, 1.807) is 7.05 Å². The number of nitrogens with zero attached hydrogens (tertiary/aromatic N) is 3. The van der Waals surface area contributed by atoms with E-state index in [1.165, 1.54) is 0 Å². The number of nitriles is 1. The highest BCUT2D eigenvalue weighted by atomic mass is 79.9. The van der Waals surface area contributed by atoms with Gasteiger partial charge in [-0.25, -0.2) is 0 Å². The van der Waals surface area contributed by atoms with Crippen molar-refractivity contribution < 1.29 is 0 Å². The van der Waals surface area contributed by atoms with E-state index < -0.39 is 5.54 Å². The van der Waals surface area contributed by atoms with E-state index in [9.17, 15) is 0 Å². The van der Waals surface area contributed by atoms with Crippen LogP contribution in [0.1, 0.15) is 24.7 Å². The third-order valence-electron chi connectivity index (χ3n) is 2.92. The summed E-state index contributed by atoms with van der Waals surface area (Å²) in [5.41, 5.74) is 1.60. The van der Waals surface area contributed by atoms with Crippen molar-refractivity contribution in [1.82, 2.24) is 15.1 Å². The van der Waals surface area contributed by atoms with Crippen LogP contribution in [0.4, 0.5) is 0 Å². The van der Waals surface area contributed by atoms with Gasteiger partial charge in [0.25, 0.3) is 0 Å². The molecule has 0 saturated carbocycles. The van der Waals surface area contributed by atoms with E-state index in [4.69, 9.17) is 5.26 Å². The van der Waals surface area contributed by atoms with E-state index in [2.05, 4.69) is 32.4 Å². The summed E-state index contributed by atoms with van der Waals surface area (Å²) < 4.78 is 2.99. The number of hydrogen-bond acceptors (Lipinski definition) is 3. The molecule has 0 radical (unpaired) electrons. The van der Waals surface area contributed by atoms with Gasteiger partial charge in [-0.15, -0.1) is 0 Å². The minimum absolute atomic E-state index is 0.487. The average molecular weight is 285 g/mol. The second-order valence-corrected chi connectivity index (χ2v) is 4.94. The highest BCUT2D eigenvalue weighted by Crippen LogP contribution is 2.20. The number of rotatable bonds is 4. The Hall–Kier alpha value is -0.860. The van der Waals surface area contributed by atoms with Gasteiger partial charge in [-0.1, -0.05) is 0 Å². The molecule has 1 N–H and O–H groups in total. The van der Waals surface area contributed by atoms with Crippen molar-refractivity contribution in [3.63, 3.8) is 0 Å². The molecule has 1 rings (SSSR count). The third-order valence-corrected chi connectivity index (χ3v) is 4.06. The molecule has 0 bridgehead atoms. The molecule has 0 amide bonds. The molecule has 0 aliphatic rings. The van der Waals surface area contributed by atoms with Crippen LogP contribution in [-0.2, 0) is 6.54 Å². The lowest BCUT2D eigenvalue weighted by Crippen LogP contribution is -2.39.